The third-order valence-electron chi connectivity index (χ3n) is 3.01. The zero-order valence-electron chi connectivity index (χ0n) is 11.5. The quantitative estimate of drug-likeness (QED) is 0.622. The van der Waals surface area contributed by atoms with Gasteiger partial charge in [-0.2, -0.15) is 0 Å². The summed E-state index contributed by atoms with van der Waals surface area (Å²) in [5.74, 6) is -1.63. The summed E-state index contributed by atoms with van der Waals surface area (Å²) in [6.07, 6.45) is 2.19. The van der Waals surface area contributed by atoms with Crippen molar-refractivity contribution in [3.05, 3.63) is 29.1 Å². The van der Waals surface area contributed by atoms with Crippen molar-refractivity contribution < 1.29 is 19.2 Å². The van der Waals surface area contributed by atoms with E-state index in [9.17, 15) is 14.4 Å². The van der Waals surface area contributed by atoms with Crippen LogP contribution in [0.3, 0.4) is 0 Å². The molecule has 0 aromatic carbocycles. The second kappa shape index (κ2) is 6.23. The Kier molecular flexibility index (Phi) is 4.32. The molecule has 0 radical (unpaired) electrons. The summed E-state index contributed by atoms with van der Waals surface area (Å²) in [7, 11) is 0. The van der Waals surface area contributed by atoms with E-state index in [1.165, 1.54) is 15.5 Å². The highest BCUT2D eigenvalue weighted by atomic mass is 32.2. The van der Waals surface area contributed by atoms with Gasteiger partial charge in [-0.15, -0.1) is 39.5 Å². The first-order chi connectivity index (χ1) is 10.6. The highest BCUT2D eigenvalue weighted by Crippen LogP contribution is 2.36. The number of hydroxylamine groups is 2. The van der Waals surface area contributed by atoms with Gasteiger partial charge in [-0.1, -0.05) is 0 Å². The van der Waals surface area contributed by atoms with E-state index in [0.717, 1.165) is 9.75 Å². The van der Waals surface area contributed by atoms with E-state index in [2.05, 4.69) is 0 Å². The largest absolute Gasteiger partial charge is 0.373 e. The summed E-state index contributed by atoms with van der Waals surface area (Å²) >= 11 is 4.60. The lowest BCUT2D eigenvalue weighted by molar-refractivity contribution is -0.172. The normalized spacial score (nSPS) is 14.7. The van der Waals surface area contributed by atoms with Crippen LogP contribution in [0.2, 0.25) is 0 Å². The van der Waals surface area contributed by atoms with E-state index in [1.54, 1.807) is 29.2 Å². The summed E-state index contributed by atoms with van der Waals surface area (Å²) in [6.45, 7) is 0. The first-order valence-corrected chi connectivity index (χ1v) is 9.26. The van der Waals surface area contributed by atoms with Crippen molar-refractivity contribution >= 4 is 52.2 Å². The van der Waals surface area contributed by atoms with Gasteiger partial charge in [0.15, 0.2) is 0 Å². The average Bonchev–Trinajstić information content (AvgIpc) is 3.22. The van der Waals surface area contributed by atoms with Crippen LogP contribution in [0.4, 0.5) is 0 Å². The molecule has 0 aliphatic carbocycles. The van der Waals surface area contributed by atoms with Crippen LogP contribution in [0.1, 0.15) is 22.5 Å². The Morgan fingerprint density at radius 1 is 1.09 bits per heavy atom. The molecule has 3 rings (SSSR count). The standard InChI is InChI=1S/C14H11NO4S3/c1-20-13-7-4-9(22-13)8-2-3-10(21-8)14(18)19-15-11(16)5-6-12(15)17/h2-4,7H,5-6H2,1H3. The van der Waals surface area contributed by atoms with Gasteiger partial charge in [0, 0.05) is 22.6 Å². The van der Waals surface area contributed by atoms with E-state index in [-0.39, 0.29) is 12.8 Å². The highest BCUT2D eigenvalue weighted by Gasteiger charge is 2.33. The molecule has 8 heteroatoms. The van der Waals surface area contributed by atoms with Crippen molar-refractivity contribution in [1.29, 1.82) is 0 Å². The van der Waals surface area contributed by atoms with Crippen LogP contribution in [0.15, 0.2) is 28.5 Å². The lowest BCUT2D eigenvalue weighted by Gasteiger charge is -2.11. The molecule has 0 saturated carbocycles. The maximum Gasteiger partial charge on any atom is 0.373 e. The number of hydrogen-bond donors (Lipinski definition) is 0. The van der Waals surface area contributed by atoms with Crippen LogP contribution >= 0.6 is 34.4 Å². The molecule has 0 spiro atoms. The van der Waals surface area contributed by atoms with Gasteiger partial charge in [0.25, 0.3) is 11.8 Å². The predicted molar refractivity (Wildman–Crippen MR) is 85.9 cm³/mol. The van der Waals surface area contributed by atoms with Crippen LogP contribution in [0, 0.1) is 0 Å². The number of nitrogens with zero attached hydrogens (tertiary/aromatic N) is 1. The van der Waals surface area contributed by atoms with Gasteiger partial charge in [-0.3, -0.25) is 9.59 Å². The third-order valence-corrected chi connectivity index (χ3v) is 6.44. The molecule has 0 bridgehead atoms. The van der Waals surface area contributed by atoms with Crippen LogP contribution in [-0.4, -0.2) is 29.1 Å². The number of rotatable bonds is 4. The van der Waals surface area contributed by atoms with Gasteiger partial charge in [0.1, 0.15) is 4.88 Å². The van der Waals surface area contributed by atoms with Crippen LogP contribution in [-0.2, 0) is 14.4 Å². The second-order valence-electron chi connectivity index (χ2n) is 4.45. The molecule has 0 N–H and O–H groups in total. The predicted octanol–water partition coefficient (Wildman–Crippen LogP) is 3.42. The molecule has 5 nitrogen and oxygen atoms in total. The monoisotopic (exact) mass is 353 g/mol. The smallest absolute Gasteiger partial charge is 0.324 e. The molecule has 0 unspecified atom stereocenters. The molecule has 114 valence electrons. The zero-order chi connectivity index (χ0) is 15.7. The lowest BCUT2D eigenvalue weighted by atomic mass is 10.4. The Bertz CT molecular complexity index is 733. The van der Waals surface area contributed by atoms with Crippen molar-refractivity contribution in [2.75, 3.05) is 6.26 Å². The Hall–Kier alpha value is -1.64. The number of amides is 2. The molecule has 0 atom stereocenters. The van der Waals surface area contributed by atoms with Crippen molar-refractivity contribution in [2.45, 2.75) is 17.1 Å². The van der Waals surface area contributed by atoms with Crippen molar-refractivity contribution in [3.8, 4) is 9.75 Å². The summed E-state index contributed by atoms with van der Waals surface area (Å²) < 4.78 is 1.20. The Balaban J connectivity index is 1.74. The minimum absolute atomic E-state index is 0.0917. The first-order valence-electron chi connectivity index (χ1n) is 6.40. The molecule has 2 aromatic heterocycles. The lowest BCUT2D eigenvalue weighted by Crippen LogP contribution is -2.31. The molecule has 22 heavy (non-hydrogen) atoms. The average molecular weight is 353 g/mol. The SMILES string of the molecule is CSc1ccc(-c2ccc(C(=O)ON3C(=O)CCC3=O)s2)s1. The number of imide groups is 1. The number of thiophene rings is 2. The third kappa shape index (κ3) is 2.94. The Labute approximate surface area is 138 Å². The molecular weight excluding hydrogens is 342 g/mol. The second-order valence-corrected chi connectivity index (χ2v) is 7.72. The number of hydrogen-bond acceptors (Lipinski definition) is 7. The van der Waals surface area contributed by atoms with E-state index >= 15 is 0 Å². The van der Waals surface area contributed by atoms with Crippen molar-refractivity contribution in [3.63, 3.8) is 0 Å². The Morgan fingerprint density at radius 2 is 1.73 bits per heavy atom. The van der Waals surface area contributed by atoms with Crippen LogP contribution in [0.5, 0.6) is 0 Å². The molecule has 1 saturated heterocycles. The van der Waals surface area contributed by atoms with Gasteiger partial charge < -0.3 is 4.84 Å². The van der Waals surface area contributed by atoms with Gasteiger partial charge in [-0.05, 0) is 30.5 Å². The highest BCUT2D eigenvalue weighted by molar-refractivity contribution is 8.00. The molecule has 1 aliphatic heterocycles. The summed E-state index contributed by atoms with van der Waals surface area (Å²) in [5.41, 5.74) is 0. The maximum atomic E-state index is 12.0. The summed E-state index contributed by atoms with van der Waals surface area (Å²) in [6, 6.07) is 7.52. The molecule has 2 aromatic rings. The summed E-state index contributed by atoms with van der Waals surface area (Å²) in [4.78, 5) is 42.2. The Morgan fingerprint density at radius 3 is 2.36 bits per heavy atom. The number of carbonyl (C=O) groups is 3. The van der Waals surface area contributed by atoms with E-state index < -0.39 is 17.8 Å². The minimum atomic E-state index is -0.679. The van der Waals surface area contributed by atoms with Gasteiger partial charge in [-0.25, -0.2) is 4.79 Å². The van der Waals surface area contributed by atoms with Gasteiger partial charge >= 0.3 is 5.97 Å². The van der Waals surface area contributed by atoms with Crippen LogP contribution in [0.25, 0.3) is 9.75 Å². The maximum absolute atomic E-state index is 12.0. The van der Waals surface area contributed by atoms with Crippen molar-refractivity contribution in [1.82, 2.24) is 5.06 Å². The molecular formula is C14H11NO4S3. The van der Waals surface area contributed by atoms with Gasteiger partial charge in [0.2, 0.25) is 0 Å². The fraction of sp³-hybridized carbons (Fsp3) is 0.214. The van der Waals surface area contributed by atoms with Gasteiger partial charge in [0.05, 0.1) is 4.21 Å². The molecule has 1 fully saturated rings. The fourth-order valence-corrected chi connectivity index (χ4v) is 4.44. The van der Waals surface area contributed by atoms with E-state index in [0.29, 0.717) is 9.94 Å². The first kappa shape index (κ1) is 15.3. The molecule has 1 aliphatic rings. The number of carbonyl (C=O) groups excluding carboxylic acids is 3. The van der Waals surface area contributed by atoms with Crippen molar-refractivity contribution in [2.24, 2.45) is 0 Å². The summed E-state index contributed by atoms with van der Waals surface area (Å²) in [5, 5.41) is 0.568. The van der Waals surface area contributed by atoms with E-state index in [1.807, 2.05) is 24.5 Å². The van der Waals surface area contributed by atoms with E-state index in [4.69, 9.17) is 4.84 Å². The number of thioether (sulfide) groups is 1. The molecule has 3 heterocycles. The topological polar surface area (TPSA) is 63.7 Å². The molecule has 2 amide bonds. The minimum Gasteiger partial charge on any atom is -0.324 e. The zero-order valence-corrected chi connectivity index (χ0v) is 14.0. The van der Waals surface area contributed by atoms with Crippen LogP contribution < -0.4 is 0 Å². The fourth-order valence-electron chi connectivity index (χ4n) is 1.93.